The van der Waals surface area contributed by atoms with Crippen LogP contribution in [-0.4, -0.2) is 56.0 Å². The van der Waals surface area contributed by atoms with Crippen LogP contribution in [0.5, 0.6) is 0 Å². The largest absolute Gasteiger partial charge is 0.500 e. The number of thioether (sulfide) groups is 1. The van der Waals surface area contributed by atoms with Crippen molar-refractivity contribution in [1.82, 2.24) is 15.0 Å². The molecule has 0 N–H and O–H groups in total. The lowest BCUT2D eigenvalue weighted by Crippen LogP contribution is -2.42. The summed E-state index contributed by atoms with van der Waals surface area (Å²) >= 11 is 36.6. The molecular formula is C18H19Cl6N3O4SSi. The average Bonchev–Trinajstić information content (AvgIpc) is 2.78. The molecule has 0 saturated heterocycles. The normalized spacial score (nSPS) is 12.8. The number of carbonyl (C=O) groups excluding carboxylic acids is 1. The van der Waals surface area contributed by atoms with Crippen molar-refractivity contribution in [1.29, 1.82) is 0 Å². The second-order valence-electron chi connectivity index (χ2n) is 6.41. The zero-order valence-corrected chi connectivity index (χ0v) is 23.9. The van der Waals surface area contributed by atoms with Gasteiger partial charge in [0.05, 0.1) is 0 Å². The van der Waals surface area contributed by atoms with Crippen LogP contribution in [0.4, 0.5) is 0 Å². The number of rotatable bonds is 9. The van der Waals surface area contributed by atoms with E-state index < -0.39 is 16.4 Å². The molecule has 0 saturated carbocycles. The number of carbonyl (C=O) groups is 1. The third-order valence-corrected chi connectivity index (χ3v) is 9.15. The Bertz CT molecular complexity index is 915. The Hall–Kier alpha value is 0.0869. The van der Waals surface area contributed by atoms with Gasteiger partial charge in [-0.25, -0.2) is 15.0 Å². The number of halogens is 6. The Morgan fingerprint density at radius 2 is 1.36 bits per heavy atom. The standard InChI is InChI=1S/C18H19Cl6N3O4SSi/c1-29-33(30-2,31-3)10-4-9-32-14(28)12-7-5-11(6-8-12)13-25-15(17(19,20)21)27-16(26-13)18(22,23)24/h5-8H,4,9-10H2,1-3H3. The van der Waals surface area contributed by atoms with Gasteiger partial charge in [0.2, 0.25) is 12.7 Å². The number of alkyl halides is 6. The summed E-state index contributed by atoms with van der Waals surface area (Å²) in [5, 5.41) is -0.0966. The van der Waals surface area contributed by atoms with E-state index in [2.05, 4.69) is 15.0 Å². The summed E-state index contributed by atoms with van der Waals surface area (Å²) < 4.78 is 12.2. The maximum absolute atomic E-state index is 12.5. The van der Waals surface area contributed by atoms with E-state index in [0.717, 1.165) is 0 Å². The fraction of sp³-hybridized carbons (Fsp3) is 0.444. The van der Waals surface area contributed by atoms with Crippen molar-refractivity contribution in [2.24, 2.45) is 0 Å². The van der Waals surface area contributed by atoms with E-state index in [-0.39, 0.29) is 22.6 Å². The van der Waals surface area contributed by atoms with E-state index in [9.17, 15) is 4.79 Å². The van der Waals surface area contributed by atoms with Crippen LogP contribution in [0.15, 0.2) is 24.3 Å². The Morgan fingerprint density at radius 1 is 0.879 bits per heavy atom. The number of hydrogen-bond donors (Lipinski definition) is 0. The van der Waals surface area contributed by atoms with Gasteiger partial charge in [-0.15, -0.1) is 0 Å². The third-order valence-electron chi connectivity index (χ3n) is 4.31. The second kappa shape index (κ2) is 12.4. The molecule has 182 valence electrons. The van der Waals surface area contributed by atoms with Gasteiger partial charge in [0.15, 0.2) is 17.5 Å². The topological polar surface area (TPSA) is 83.4 Å². The van der Waals surface area contributed by atoms with Gasteiger partial charge in [0, 0.05) is 44.3 Å². The van der Waals surface area contributed by atoms with E-state index >= 15 is 0 Å². The van der Waals surface area contributed by atoms with Gasteiger partial charge in [-0.05, 0) is 18.6 Å². The lowest BCUT2D eigenvalue weighted by atomic mass is 10.1. The maximum atomic E-state index is 12.5. The molecular weight excluding hydrogens is 595 g/mol. The fourth-order valence-corrected chi connectivity index (χ4v) is 5.87. The average molecular weight is 614 g/mol. The Labute approximate surface area is 227 Å². The maximum Gasteiger partial charge on any atom is 0.500 e. The molecule has 2 rings (SSSR count). The van der Waals surface area contributed by atoms with E-state index in [0.29, 0.717) is 29.3 Å². The highest BCUT2D eigenvalue weighted by Crippen LogP contribution is 2.40. The van der Waals surface area contributed by atoms with Gasteiger partial charge in [-0.3, -0.25) is 4.79 Å². The van der Waals surface area contributed by atoms with Crippen molar-refractivity contribution in [2.45, 2.75) is 20.0 Å². The Balaban J connectivity index is 2.13. The first-order valence-electron chi connectivity index (χ1n) is 9.18. The van der Waals surface area contributed by atoms with E-state index in [1.807, 2.05) is 0 Å². The third kappa shape index (κ3) is 8.32. The predicted molar refractivity (Wildman–Crippen MR) is 137 cm³/mol. The van der Waals surface area contributed by atoms with E-state index in [4.69, 9.17) is 82.9 Å². The number of aromatic nitrogens is 3. The number of benzene rings is 1. The molecule has 1 aromatic carbocycles. The summed E-state index contributed by atoms with van der Waals surface area (Å²) in [5.41, 5.74) is 1.01. The Morgan fingerprint density at radius 3 is 1.79 bits per heavy atom. The molecule has 0 bridgehead atoms. The first kappa shape index (κ1) is 29.3. The Kier molecular flexibility index (Phi) is 11.0. The van der Waals surface area contributed by atoms with Crippen molar-refractivity contribution in [2.75, 3.05) is 27.1 Å². The molecule has 0 radical (unpaired) electrons. The van der Waals surface area contributed by atoms with Crippen molar-refractivity contribution in [3.05, 3.63) is 41.5 Å². The summed E-state index contributed by atoms with van der Waals surface area (Å²) in [6, 6.07) is 7.17. The highest BCUT2D eigenvalue weighted by Gasteiger charge is 2.37. The molecule has 1 heterocycles. The van der Waals surface area contributed by atoms with Crippen molar-refractivity contribution in [3.63, 3.8) is 0 Å². The van der Waals surface area contributed by atoms with Gasteiger partial charge in [0.25, 0.3) is 0 Å². The zero-order chi connectivity index (χ0) is 24.9. The van der Waals surface area contributed by atoms with Crippen LogP contribution in [0.1, 0.15) is 28.4 Å². The number of hydrogen-bond acceptors (Lipinski definition) is 8. The van der Waals surface area contributed by atoms with Crippen molar-refractivity contribution < 1.29 is 18.1 Å². The van der Waals surface area contributed by atoms with Crippen LogP contribution in [0.25, 0.3) is 11.4 Å². The zero-order valence-electron chi connectivity index (χ0n) is 17.6. The summed E-state index contributed by atoms with van der Waals surface area (Å²) in [6.07, 6.45) is 0.695. The molecule has 2 aromatic rings. The minimum Gasteiger partial charge on any atom is -0.377 e. The highest BCUT2D eigenvalue weighted by atomic mass is 35.6. The lowest BCUT2D eigenvalue weighted by Gasteiger charge is -2.23. The lowest BCUT2D eigenvalue weighted by molar-refractivity contribution is 0.108. The molecule has 0 aliphatic carbocycles. The van der Waals surface area contributed by atoms with Crippen LogP contribution in [0.2, 0.25) is 6.04 Å². The van der Waals surface area contributed by atoms with Crippen LogP contribution in [0.3, 0.4) is 0 Å². The second-order valence-corrected chi connectivity index (χ2v) is 15.1. The van der Waals surface area contributed by atoms with Gasteiger partial charge >= 0.3 is 8.80 Å². The van der Waals surface area contributed by atoms with Gasteiger partial charge in [-0.2, -0.15) is 0 Å². The van der Waals surface area contributed by atoms with Gasteiger partial charge in [-0.1, -0.05) is 93.5 Å². The quantitative estimate of drug-likeness (QED) is 0.184. The summed E-state index contributed by atoms with van der Waals surface area (Å²) in [5.74, 6) is 0.312. The fourth-order valence-electron chi connectivity index (χ4n) is 2.61. The van der Waals surface area contributed by atoms with E-state index in [1.54, 1.807) is 45.6 Å². The van der Waals surface area contributed by atoms with E-state index in [1.165, 1.54) is 11.8 Å². The van der Waals surface area contributed by atoms with Gasteiger partial charge in [0.1, 0.15) is 0 Å². The van der Waals surface area contributed by atoms with Gasteiger partial charge < -0.3 is 13.3 Å². The first-order chi connectivity index (χ1) is 15.3. The summed E-state index contributed by atoms with van der Waals surface area (Å²) in [7, 11) is 2.01. The van der Waals surface area contributed by atoms with Crippen molar-refractivity contribution in [3.8, 4) is 11.4 Å². The molecule has 7 nitrogen and oxygen atoms in total. The summed E-state index contributed by atoms with van der Waals surface area (Å²) in [6.45, 7) is 0. The van der Waals surface area contributed by atoms with Crippen LogP contribution >= 0.6 is 81.4 Å². The first-order valence-corrected chi connectivity index (χ1v) is 14.4. The monoisotopic (exact) mass is 611 g/mol. The summed E-state index contributed by atoms with van der Waals surface area (Å²) in [4.78, 5) is 24.8. The van der Waals surface area contributed by atoms with Crippen LogP contribution in [-0.2, 0) is 20.9 Å². The molecule has 0 amide bonds. The number of nitrogens with zero attached hydrogens (tertiary/aromatic N) is 3. The molecule has 0 fully saturated rings. The SMILES string of the molecule is CO[Si](CCCSC(=O)c1ccc(-c2nc(C(Cl)(Cl)Cl)nc(C(Cl)(Cl)Cl)n2)cc1)(OC)OC. The minimum absolute atomic E-state index is 0.0966. The molecule has 0 aliphatic heterocycles. The molecule has 1 aromatic heterocycles. The highest BCUT2D eigenvalue weighted by molar-refractivity contribution is 8.14. The smallest absolute Gasteiger partial charge is 0.377 e. The molecule has 15 heteroatoms. The predicted octanol–water partition coefficient (Wildman–Crippen LogP) is 6.33. The minimum atomic E-state index is -2.65. The molecule has 0 atom stereocenters. The molecule has 0 spiro atoms. The molecule has 0 unspecified atom stereocenters. The molecule has 33 heavy (non-hydrogen) atoms. The molecule has 0 aliphatic rings. The van der Waals surface area contributed by atoms with Crippen LogP contribution < -0.4 is 0 Å². The van der Waals surface area contributed by atoms with Crippen LogP contribution in [0, 0.1) is 0 Å². The van der Waals surface area contributed by atoms with Crippen molar-refractivity contribution >= 4 is 95.3 Å².